The van der Waals surface area contributed by atoms with Gasteiger partial charge in [-0.2, -0.15) is 0 Å². The Kier molecular flexibility index (Phi) is 5.62. The summed E-state index contributed by atoms with van der Waals surface area (Å²) in [6, 6.07) is 19.1. The van der Waals surface area contributed by atoms with Gasteiger partial charge in [0, 0.05) is 49.7 Å². The highest BCUT2D eigenvalue weighted by molar-refractivity contribution is 5.79. The average Bonchev–Trinajstić information content (AvgIpc) is 2.77. The van der Waals surface area contributed by atoms with Crippen molar-refractivity contribution in [2.45, 2.75) is 13.0 Å². The van der Waals surface area contributed by atoms with E-state index in [-0.39, 0.29) is 12.5 Å². The summed E-state index contributed by atoms with van der Waals surface area (Å²) in [5.74, 6) is 0.475. The standard InChI is InChI=1S/C23H24N2O4/c1-17(18-5-3-2-4-6-18)24-11-13-25(14-12-24)22(26)16-28-20-9-7-19-8-10-23(27)29-21(19)15-20/h2-10,15,17H,11-14,16H2,1H3/t17-/m1/s1. The lowest BCUT2D eigenvalue weighted by Gasteiger charge is -2.38. The van der Waals surface area contributed by atoms with Crippen molar-refractivity contribution < 1.29 is 13.9 Å². The Bertz CT molecular complexity index is 1040. The Morgan fingerprint density at radius 1 is 1.03 bits per heavy atom. The number of rotatable bonds is 5. The van der Waals surface area contributed by atoms with Gasteiger partial charge in [0.2, 0.25) is 0 Å². The van der Waals surface area contributed by atoms with Gasteiger partial charge in [0.15, 0.2) is 6.61 Å². The Hall–Kier alpha value is -3.12. The molecule has 0 saturated carbocycles. The normalized spacial score (nSPS) is 16.0. The highest BCUT2D eigenvalue weighted by Gasteiger charge is 2.24. The highest BCUT2D eigenvalue weighted by Crippen LogP contribution is 2.22. The van der Waals surface area contributed by atoms with Crippen LogP contribution in [0.25, 0.3) is 11.0 Å². The molecule has 6 heteroatoms. The molecule has 0 bridgehead atoms. The van der Waals surface area contributed by atoms with Crippen molar-refractivity contribution in [3.63, 3.8) is 0 Å². The number of ether oxygens (including phenoxy) is 1. The third-order valence-electron chi connectivity index (χ3n) is 5.45. The second kappa shape index (κ2) is 8.49. The minimum Gasteiger partial charge on any atom is -0.484 e. The van der Waals surface area contributed by atoms with E-state index in [4.69, 9.17) is 9.15 Å². The number of carbonyl (C=O) groups excluding carboxylic acids is 1. The van der Waals surface area contributed by atoms with Crippen molar-refractivity contribution in [3.8, 4) is 5.75 Å². The summed E-state index contributed by atoms with van der Waals surface area (Å²) in [6.45, 7) is 5.22. The van der Waals surface area contributed by atoms with E-state index < -0.39 is 5.63 Å². The second-order valence-electron chi connectivity index (χ2n) is 7.25. The van der Waals surface area contributed by atoms with E-state index in [1.807, 2.05) is 17.0 Å². The molecule has 1 amide bonds. The van der Waals surface area contributed by atoms with E-state index in [9.17, 15) is 9.59 Å². The predicted molar refractivity (Wildman–Crippen MR) is 111 cm³/mol. The van der Waals surface area contributed by atoms with E-state index in [1.54, 1.807) is 18.2 Å². The zero-order valence-electron chi connectivity index (χ0n) is 16.4. The molecule has 1 aliphatic heterocycles. The average molecular weight is 392 g/mol. The van der Waals surface area contributed by atoms with Crippen molar-refractivity contribution in [2.24, 2.45) is 0 Å². The molecular formula is C23H24N2O4. The van der Waals surface area contributed by atoms with E-state index >= 15 is 0 Å². The van der Waals surface area contributed by atoms with Gasteiger partial charge in [-0.25, -0.2) is 4.79 Å². The quantitative estimate of drug-likeness (QED) is 0.625. The van der Waals surface area contributed by atoms with E-state index in [1.165, 1.54) is 11.6 Å². The van der Waals surface area contributed by atoms with Gasteiger partial charge in [0.25, 0.3) is 5.91 Å². The predicted octanol–water partition coefficient (Wildman–Crippen LogP) is 3.08. The molecule has 2 aromatic carbocycles. The number of amides is 1. The van der Waals surface area contributed by atoms with Gasteiger partial charge in [-0.3, -0.25) is 9.69 Å². The van der Waals surface area contributed by atoms with E-state index in [0.29, 0.717) is 30.5 Å². The van der Waals surface area contributed by atoms with Crippen molar-refractivity contribution in [3.05, 3.63) is 76.6 Å². The van der Waals surface area contributed by atoms with Crippen LogP contribution < -0.4 is 10.4 Å². The number of piperazine rings is 1. The third kappa shape index (κ3) is 4.49. The molecule has 0 spiro atoms. The first-order valence-electron chi connectivity index (χ1n) is 9.83. The smallest absolute Gasteiger partial charge is 0.336 e. The largest absolute Gasteiger partial charge is 0.484 e. The van der Waals surface area contributed by atoms with Crippen molar-refractivity contribution in [2.75, 3.05) is 32.8 Å². The van der Waals surface area contributed by atoms with Gasteiger partial charge < -0.3 is 14.1 Å². The zero-order chi connectivity index (χ0) is 20.2. The Labute approximate surface area is 169 Å². The lowest BCUT2D eigenvalue weighted by atomic mass is 10.1. The molecule has 0 unspecified atom stereocenters. The molecule has 1 fully saturated rings. The highest BCUT2D eigenvalue weighted by atomic mass is 16.5. The summed E-state index contributed by atoms with van der Waals surface area (Å²) in [4.78, 5) is 28.1. The van der Waals surface area contributed by atoms with Crippen LogP contribution in [0.5, 0.6) is 5.75 Å². The molecule has 0 N–H and O–H groups in total. The van der Waals surface area contributed by atoms with Crippen molar-refractivity contribution in [1.29, 1.82) is 0 Å². The molecule has 1 atom stereocenters. The number of benzene rings is 2. The molecule has 0 aliphatic carbocycles. The minimum atomic E-state index is -0.409. The van der Waals surface area contributed by atoms with E-state index in [2.05, 4.69) is 36.1 Å². The molecule has 4 rings (SSSR count). The van der Waals surface area contributed by atoms with Crippen molar-refractivity contribution in [1.82, 2.24) is 9.80 Å². The van der Waals surface area contributed by atoms with Gasteiger partial charge in [0.1, 0.15) is 11.3 Å². The van der Waals surface area contributed by atoms with Crippen LogP contribution in [0.15, 0.2) is 69.9 Å². The summed E-state index contributed by atoms with van der Waals surface area (Å²) in [7, 11) is 0. The molecule has 29 heavy (non-hydrogen) atoms. The topological polar surface area (TPSA) is 63.0 Å². The van der Waals surface area contributed by atoms with Gasteiger partial charge in [-0.1, -0.05) is 30.3 Å². The lowest BCUT2D eigenvalue weighted by molar-refractivity contribution is -0.135. The summed E-state index contributed by atoms with van der Waals surface area (Å²) in [5.41, 5.74) is 1.33. The van der Waals surface area contributed by atoms with Crippen LogP contribution in [0.2, 0.25) is 0 Å². The number of fused-ring (bicyclic) bond motifs is 1. The zero-order valence-corrected chi connectivity index (χ0v) is 16.4. The Balaban J connectivity index is 1.30. The summed E-state index contributed by atoms with van der Waals surface area (Å²) in [6.07, 6.45) is 0. The van der Waals surface area contributed by atoms with Gasteiger partial charge in [0.05, 0.1) is 0 Å². The molecule has 3 aromatic rings. The van der Waals surface area contributed by atoms with E-state index in [0.717, 1.165) is 18.5 Å². The van der Waals surface area contributed by atoms with Gasteiger partial charge in [-0.15, -0.1) is 0 Å². The van der Waals surface area contributed by atoms with Crippen LogP contribution in [0, 0.1) is 0 Å². The SMILES string of the molecule is C[C@H](c1ccccc1)N1CCN(C(=O)COc2ccc3ccc(=O)oc3c2)CC1. The number of nitrogens with zero attached hydrogens (tertiary/aromatic N) is 2. The molecule has 0 radical (unpaired) electrons. The van der Waals surface area contributed by atoms with Crippen LogP contribution in [-0.4, -0.2) is 48.5 Å². The monoisotopic (exact) mass is 392 g/mol. The number of hydrogen-bond donors (Lipinski definition) is 0. The number of carbonyl (C=O) groups is 1. The number of hydrogen-bond acceptors (Lipinski definition) is 5. The first-order valence-corrected chi connectivity index (χ1v) is 9.83. The molecule has 1 aliphatic rings. The second-order valence-corrected chi connectivity index (χ2v) is 7.25. The van der Waals surface area contributed by atoms with Crippen LogP contribution in [0.3, 0.4) is 0 Å². The fourth-order valence-electron chi connectivity index (χ4n) is 3.67. The minimum absolute atomic E-state index is 0.0309. The third-order valence-corrected chi connectivity index (χ3v) is 5.45. The van der Waals surface area contributed by atoms with Crippen LogP contribution in [0.4, 0.5) is 0 Å². The van der Waals surface area contributed by atoms with Gasteiger partial charge in [-0.05, 0) is 30.7 Å². The lowest BCUT2D eigenvalue weighted by Crippen LogP contribution is -2.50. The molecule has 1 aromatic heterocycles. The Morgan fingerprint density at radius 3 is 2.52 bits per heavy atom. The molecular weight excluding hydrogens is 368 g/mol. The Morgan fingerprint density at radius 2 is 1.76 bits per heavy atom. The first kappa shape index (κ1) is 19.2. The molecule has 150 valence electrons. The van der Waals surface area contributed by atoms with Crippen molar-refractivity contribution >= 4 is 16.9 Å². The summed E-state index contributed by atoms with van der Waals surface area (Å²) >= 11 is 0. The maximum absolute atomic E-state index is 12.5. The fourth-order valence-corrected chi connectivity index (χ4v) is 3.67. The van der Waals surface area contributed by atoms with Crippen LogP contribution in [0.1, 0.15) is 18.5 Å². The molecule has 6 nitrogen and oxygen atoms in total. The summed E-state index contributed by atoms with van der Waals surface area (Å²) in [5, 5.41) is 0.812. The maximum atomic E-state index is 12.5. The molecule has 1 saturated heterocycles. The maximum Gasteiger partial charge on any atom is 0.336 e. The first-order chi connectivity index (χ1) is 14.1. The van der Waals surface area contributed by atoms with Crippen LogP contribution in [-0.2, 0) is 4.79 Å². The van der Waals surface area contributed by atoms with Crippen LogP contribution >= 0.6 is 0 Å². The fraction of sp³-hybridized carbons (Fsp3) is 0.304. The van der Waals surface area contributed by atoms with Gasteiger partial charge >= 0.3 is 5.63 Å². The summed E-state index contributed by atoms with van der Waals surface area (Å²) < 4.78 is 10.8. The molecule has 2 heterocycles.